The predicted molar refractivity (Wildman–Crippen MR) is 140 cm³/mol. The summed E-state index contributed by atoms with van der Waals surface area (Å²) in [6.45, 7) is 6.36. The summed E-state index contributed by atoms with van der Waals surface area (Å²) in [4.78, 5) is 6.49. The third-order valence-corrected chi connectivity index (χ3v) is 5.45. The lowest BCUT2D eigenvalue weighted by Crippen LogP contribution is -2.40. The molecule has 0 aromatic heterocycles. The van der Waals surface area contributed by atoms with Crippen LogP contribution in [-0.4, -0.2) is 57.4 Å². The van der Waals surface area contributed by atoms with Crippen LogP contribution in [0.25, 0.3) is 0 Å². The van der Waals surface area contributed by atoms with Crippen molar-refractivity contribution in [2.75, 3.05) is 40.5 Å². The SMILES string of the molecule is CN=C(NCc1cccc(COC2CCOCC2)c1)N(C)CCOc1ccccc1C.I. The molecule has 1 aliphatic rings. The first-order valence-corrected chi connectivity index (χ1v) is 11.0. The van der Waals surface area contributed by atoms with E-state index in [1.54, 1.807) is 7.05 Å². The van der Waals surface area contributed by atoms with E-state index < -0.39 is 0 Å². The molecule has 176 valence electrons. The number of hydrogen-bond acceptors (Lipinski definition) is 4. The van der Waals surface area contributed by atoms with Crippen LogP contribution in [-0.2, 0) is 22.6 Å². The Morgan fingerprint density at radius 1 is 1.12 bits per heavy atom. The van der Waals surface area contributed by atoms with Gasteiger partial charge in [-0.1, -0.05) is 42.5 Å². The lowest BCUT2D eigenvalue weighted by molar-refractivity contribution is -0.0390. The van der Waals surface area contributed by atoms with E-state index in [0.717, 1.165) is 49.9 Å². The molecule has 1 fully saturated rings. The van der Waals surface area contributed by atoms with E-state index >= 15 is 0 Å². The van der Waals surface area contributed by atoms with Crippen molar-refractivity contribution in [2.45, 2.75) is 39.0 Å². The van der Waals surface area contributed by atoms with Crippen LogP contribution in [0, 0.1) is 6.92 Å². The molecule has 0 spiro atoms. The van der Waals surface area contributed by atoms with Crippen LogP contribution in [0.2, 0.25) is 0 Å². The van der Waals surface area contributed by atoms with Gasteiger partial charge in [0, 0.05) is 33.9 Å². The minimum absolute atomic E-state index is 0. The minimum atomic E-state index is 0. The van der Waals surface area contributed by atoms with E-state index in [4.69, 9.17) is 14.2 Å². The minimum Gasteiger partial charge on any atom is -0.491 e. The first-order valence-electron chi connectivity index (χ1n) is 11.0. The van der Waals surface area contributed by atoms with Crippen LogP contribution in [0.3, 0.4) is 0 Å². The molecule has 32 heavy (non-hydrogen) atoms. The number of para-hydroxylation sites is 1. The number of likely N-dealkylation sites (N-methyl/N-ethyl adjacent to an activating group) is 1. The highest BCUT2D eigenvalue weighted by Gasteiger charge is 2.14. The molecule has 7 heteroatoms. The highest BCUT2D eigenvalue weighted by Crippen LogP contribution is 2.16. The van der Waals surface area contributed by atoms with Gasteiger partial charge in [-0.15, -0.1) is 24.0 Å². The monoisotopic (exact) mass is 553 g/mol. The predicted octanol–water partition coefficient (Wildman–Crippen LogP) is 4.39. The zero-order valence-corrected chi connectivity index (χ0v) is 21.7. The van der Waals surface area contributed by atoms with Crippen LogP contribution < -0.4 is 10.1 Å². The van der Waals surface area contributed by atoms with Gasteiger partial charge in [-0.05, 0) is 42.5 Å². The highest BCUT2D eigenvalue weighted by atomic mass is 127. The van der Waals surface area contributed by atoms with Crippen LogP contribution in [0.4, 0.5) is 0 Å². The highest BCUT2D eigenvalue weighted by molar-refractivity contribution is 14.0. The fourth-order valence-corrected chi connectivity index (χ4v) is 3.57. The Bertz CT molecular complexity index is 841. The first-order chi connectivity index (χ1) is 15.2. The molecule has 0 unspecified atom stereocenters. The zero-order chi connectivity index (χ0) is 21.9. The fourth-order valence-electron chi connectivity index (χ4n) is 3.57. The topological polar surface area (TPSA) is 55.3 Å². The van der Waals surface area contributed by atoms with Crippen molar-refractivity contribution in [1.82, 2.24) is 10.2 Å². The number of halogens is 1. The number of nitrogens with one attached hydrogen (secondary N) is 1. The van der Waals surface area contributed by atoms with Gasteiger partial charge in [0.2, 0.25) is 0 Å². The molecular weight excluding hydrogens is 517 g/mol. The van der Waals surface area contributed by atoms with Gasteiger partial charge < -0.3 is 24.4 Å². The summed E-state index contributed by atoms with van der Waals surface area (Å²) in [7, 11) is 3.83. The van der Waals surface area contributed by atoms with Gasteiger partial charge in [-0.25, -0.2) is 0 Å². The Hall–Kier alpha value is -1.84. The average molecular weight is 553 g/mol. The van der Waals surface area contributed by atoms with Gasteiger partial charge in [-0.2, -0.15) is 0 Å². The number of aryl methyl sites for hydroxylation is 1. The normalized spacial score (nSPS) is 14.5. The summed E-state index contributed by atoms with van der Waals surface area (Å²) in [5.41, 5.74) is 3.55. The Kier molecular flexibility index (Phi) is 11.8. The summed E-state index contributed by atoms with van der Waals surface area (Å²) < 4.78 is 17.4. The largest absolute Gasteiger partial charge is 0.491 e. The van der Waals surface area contributed by atoms with Crippen LogP contribution in [0.5, 0.6) is 5.75 Å². The molecule has 1 N–H and O–H groups in total. The smallest absolute Gasteiger partial charge is 0.193 e. The summed E-state index contributed by atoms with van der Waals surface area (Å²) in [6.07, 6.45) is 2.28. The molecule has 0 bridgehead atoms. The van der Waals surface area contributed by atoms with Crippen molar-refractivity contribution in [2.24, 2.45) is 4.99 Å². The Labute approximate surface area is 209 Å². The summed E-state index contributed by atoms with van der Waals surface area (Å²) in [5, 5.41) is 3.44. The van der Waals surface area contributed by atoms with E-state index in [1.807, 2.05) is 25.2 Å². The quantitative estimate of drug-likeness (QED) is 0.284. The second kappa shape index (κ2) is 14.3. The molecule has 2 aromatic rings. The maximum absolute atomic E-state index is 6.05. The van der Waals surface area contributed by atoms with Gasteiger partial charge >= 0.3 is 0 Å². The molecule has 6 nitrogen and oxygen atoms in total. The van der Waals surface area contributed by atoms with Crippen molar-refractivity contribution >= 4 is 29.9 Å². The average Bonchev–Trinajstić information content (AvgIpc) is 2.80. The summed E-state index contributed by atoms with van der Waals surface area (Å²) in [6, 6.07) is 16.6. The number of hydrogen-bond donors (Lipinski definition) is 1. The van der Waals surface area contributed by atoms with Gasteiger partial charge in [0.15, 0.2) is 5.96 Å². The van der Waals surface area contributed by atoms with E-state index in [1.165, 1.54) is 11.1 Å². The number of aliphatic imine (C=N–C) groups is 1. The molecule has 0 saturated carbocycles. The molecule has 2 aromatic carbocycles. The summed E-state index contributed by atoms with van der Waals surface area (Å²) in [5.74, 6) is 1.77. The van der Waals surface area contributed by atoms with Crippen LogP contribution in [0.1, 0.15) is 29.5 Å². The number of ether oxygens (including phenoxy) is 3. The van der Waals surface area contributed by atoms with E-state index in [-0.39, 0.29) is 24.0 Å². The van der Waals surface area contributed by atoms with Crippen LogP contribution >= 0.6 is 24.0 Å². The number of nitrogens with zero attached hydrogens (tertiary/aromatic N) is 2. The van der Waals surface area contributed by atoms with E-state index in [9.17, 15) is 0 Å². The number of rotatable bonds is 9. The first kappa shape index (κ1) is 26.4. The van der Waals surface area contributed by atoms with Crippen molar-refractivity contribution in [3.8, 4) is 5.75 Å². The van der Waals surface area contributed by atoms with Gasteiger partial charge in [0.1, 0.15) is 12.4 Å². The molecular formula is C25H36IN3O3. The van der Waals surface area contributed by atoms with Crippen molar-refractivity contribution < 1.29 is 14.2 Å². The number of benzene rings is 2. The van der Waals surface area contributed by atoms with Crippen LogP contribution in [0.15, 0.2) is 53.5 Å². The van der Waals surface area contributed by atoms with Gasteiger partial charge in [-0.3, -0.25) is 4.99 Å². The van der Waals surface area contributed by atoms with E-state index in [2.05, 4.69) is 52.5 Å². The van der Waals surface area contributed by atoms with E-state index in [0.29, 0.717) is 25.9 Å². The third kappa shape index (κ3) is 8.60. The molecule has 0 atom stereocenters. The molecule has 0 aliphatic carbocycles. The fraction of sp³-hybridized carbons (Fsp3) is 0.480. The Morgan fingerprint density at radius 3 is 2.62 bits per heavy atom. The lowest BCUT2D eigenvalue weighted by Gasteiger charge is -2.23. The molecule has 0 radical (unpaired) electrons. The molecule has 1 saturated heterocycles. The van der Waals surface area contributed by atoms with Gasteiger partial charge in [0.05, 0.1) is 19.3 Å². The summed E-state index contributed by atoms with van der Waals surface area (Å²) >= 11 is 0. The van der Waals surface area contributed by atoms with Crippen molar-refractivity contribution in [3.63, 3.8) is 0 Å². The zero-order valence-electron chi connectivity index (χ0n) is 19.4. The lowest BCUT2D eigenvalue weighted by atomic mass is 10.1. The molecule has 3 rings (SSSR count). The maximum Gasteiger partial charge on any atom is 0.193 e. The Balaban J connectivity index is 0.00000363. The Morgan fingerprint density at radius 2 is 1.88 bits per heavy atom. The molecule has 1 heterocycles. The maximum atomic E-state index is 6.05. The molecule has 0 amide bonds. The molecule has 1 aliphatic heterocycles. The van der Waals surface area contributed by atoms with Crippen molar-refractivity contribution in [3.05, 3.63) is 65.2 Å². The number of guanidine groups is 1. The van der Waals surface area contributed by atoms with Gasteiger partial charge in [0.25, 0.3) is 0 Å². The second-order valence-electron chi connectivity index (χ2n) is 7.88. The van der Waals surface area contributed by atoms with Crippen molar-refractivity contribution in [1.29, 1.82) is 0 Å². The second-order valence-corrected chi connectivity index (χ2v) is 7.88. The standard InChI is InChI=1S/C25H35N3O3.HI/c1-20-7-4-5-10-24(20)30-16-13-28(3)25(26-2)27-18-21-8-6-9-22(17-21)19-31-23-11-14-29-15-12-23;/h4-10,17,23H,11-16,18-19H2,1-3H3,(H,26,27);1H. The third-order valence-electron chi connectivity index (χ3n) is 5.45.